The largest absolute Gasteiger partial charge is 0.383 e. The van der Waals surface area contributed by atoms with Crippen LogP contribution in [0.4, 0.5) is 4.39 Å². The second-order valence-corrected chi connectivity index (χ2v) is 6.59. The topological polar surface area (TPSA) is 68.2 Å². The number of benzene rings is 1. The number of carbonyl (C=O) groups excluding carboxylic acids is 1. The summed E-state index contributed by atoms with van der Waals surface area (Å²) in [4.78, 5) is 12.6. The fourth-order valence-corrected chi connectivity index (χ4v) is 3.38. The molecule has 1 amide bonds. The Hall–Kier alpha value is -2.25. The maximum absolute atomic E-state index is 13.0. The van der Waals surface area contributed by atoms with Gasteiger partial charge in [-0.25, -0.2) is 4.39 Å². The van der Waals surface area contributed by atoms with Crippen molar-refractivity contribution in [2.24, 2.45) is 7.05 Å². The molecule has 0 aliphatic heterocycles. The summed E-state index contributed by atoms with van der Waals surface area (Å²) in [5.74, 6) is -0.477. The summed E-state index contributed by atoms with van der Waals surface area (Å²) < 4.78 is 19.9. The number of hydrogen-bond donors (Lipinski definition) is 2. The molecule has 1 unspecified atom stereocenters. The normalized spacial score (nSPS) is 16.3. The number of ether oxygens (including phenoxy) is 1. The van der Waals surface area contributed by atoms with Crippen molar-refractivity contribution in [1.29, 1.82) is 0 Å². The van der Waals surface area contributed by atoms with Gasteiger partial charge in [0.1, 0.15) is 5.82 Å². The SMILES string of the molecule is COCCNC1CCc2c(c(C(=O)NCc3ccc(F)cc3)nn2C)C1. The van der Waals surface area contributed by atoms with Crippen molar-refractivity contribution in [2.45, 2.75) is 31.8 Å². The predicted octanol–water partition coefficient (Wildman–Crippen LogP) is 1.58. The molecule has 7 heteroatoms. The van der Waals surface area contributed by atoms with Gasteiger partial charge in [0.25, 0.3) is 5.91 Å². The average molecular weight is 360 g/mol. The van der Waals surface area contributed by atoms with Crippen LogP contribution >= 0.6 is 0 Å². The van der Waals surface area contributed by atoms with Gasteiger partial charge in [-0.05, 0) is 37.0 Å². The van der Waals surface area contributed by atoms with E-state index in [2.05, 4.69) is 15.7 Å². The molecule has 2 N–H and O–H groups in total. The van der Waals surface area contributed by atoms with E-state index < -0.39 is 0 Å². The molecule has 26 heavy (non-hydrogen) atoms. The summed E-state index contributed by atoms with van der Waals surface area (Å²) in [6.07, 6.45) is 2.70. The number of nitrogens with zero attached hydrogens (tertiary/aromatic N) is 2. The van der Waals surface area contributed by atoms with Gasteiger partial charge in [-0.2, -0.15) is 5.10 Å². The molecule has 0 fully saturated rings. The third kappa shape index (κ3) is 4.28. The molecule has 1 atom stereocenters. The van der Waals surface area contributed by atoms with Crippen LogP contribution in [0.15, 0.2) is 24.3 Å². The molecule has 1 aliphatic rings. The summed E-state index contributed by atoms with van der Waals surface area (Å²) in [5.41, 5.74) is 3.48. The van der Waals surface area contributed by atoms with E-state index in [0.29, 0.717) is 24.9 Å². The van der Waals surface area contributed by atoms with Crippen molar-refractivity contribution in [3.8, 4) is 0 Å². The van der Waals surface area contributed by atoms with E-state index in [-0.39, 0.29) is 11.7 Å². The van der Waals surface area contributed by atoms with Gasteiger partial charge < -0.3 is 15.4 Å². The molecule has 0 saturated carbocycles. The number of methoxy groups -OCH3 is 1. The van der Waals surface area contributed by atoms with Gasteiger partial charge in [0.05, 0.1) is 6.61 Å². The van der Waals surface area contributed by atoms with Crippen molar-refractivity contribution in [1.82, 2.24) is 20.4 Å². The summed E-state index contributed by atoms with van der Waals surface area (Å²) in [5, 5.41) is 10.8. The molecule has 1 aromatic heterocycles. The molecule has 0 radical (unpaired) electrons. The molecule has 1 heterocycles. The molecule has 1 aromatic carbocycles. The van der Waals surface area contributed by atoms with Crippen molar-refractivity contribution in [3.63, 3.8) is 0 Å². The molecule has 2 aromatic rings. The van der Waals surface area contributed by atoms with Crippen LogP contribution in [0.3, 0.4) is 0 Å². The monoisotopic (exact) mass is 360 g/mol. The Morgan fingerprint density at radius 2 is 2.15 bits per heavy atom. The van der Waals surface area contributed by atoms with Gasteiger partial charge in [-0.1, -0.05) is 12.1 Å². The zero-order valence-electron chi connectivity index (χ0n) is 15.2. The number of nitrogens with one attached hydrogen (secondary N) is 2. The summed E-state index contributed by atoms with van der Waals surface area (Å²) >= 11 is 0. The van der Waals surface area contributed by atoms with Gasteiger partial charge in [0.15, 0.2) is 5.69 Å². The third-order valence-corrected chi connectivity index (χ3v) is 4.78. The molecule has 0 spiro atoms. The van der Waals surface area contributed by atoms with Crippen LogP contribution in [-0.2, 0) is 31.2 Å². The predicted molar refractivity (Wildman–Crippen MR) is 96.5 cm³/mol. The van der Waals surface area contributed by atoms with Crippen LogP contribution in [0.25, 0.3) is 0 Å². The Morgan fingerprint density at radius 1 is 1.38 bits per heavy atom. The fourth-order valence-electron chi connectivity index (χ4n) is 3.38. The fraction of sp³-hybridized carbons (Fsp3) is 0.474. The summed E-state index contributed by atoms with van der Waals surface area (Å²) in [7, 11) is 3.57. The lowest BCUT2D eigenvalue weighted by Gasteiger charge is -2.24. The van der Waals surface area contributed by atoms with Gasteiger partial charge in [-0.3, -0.25) is 9.48 Å². The number of aromatic nitrogens is 2. The minimum absolute atomic E-state index is 0.191. The number of carbonyl (C=O) groups is 1. The van der Waals surface area contributed by atoms with Crippen LogP contribution < -0.4 is 10.6 Å². The molecular formula is C19H25FN4O2. The van der Waals surface area contributed by atoms with Gasteiger partial charge in [-0.15, -0.1) is 0 Å². The first-order valence-corrected chi connectivity index (χ1v) is 8.88. The highest BCUT2D eigenvalue weighted by atomic mass is 19.1. The molecular weight excluding hydrogens is 335 g/mol. The molecule has 0 saturated heterocycles. The zero-order valence-corrected chi connectivity index (χ0v) is 15.2. The molecule has 0 bridgehead atoms. The van der Waals surface area contributed by atoms with E-state index >= 15 is 0 Å². The maximum Gasteiger partial charge on any atom is 0.272 e. The maximum atomic E-state index is 13.0. The number of rotatable bonds is 7. The number of aryl methyl sites for hydroxylation is 1. The van der Waals surface area contributed by atoms with E-state index in [4.69, 9.17) is 4.74 Å². The highest BCUT2D eigenvalue weighted by molar-refractivity contribution is 5.94. The van der Waals surface area contributed by atoms with Gasteiger partial charge in [0, 0.05) is 44.5 Å². The van der Waals surface area contributed by atoms with Crippen molar-refractivity contribution < 1.29 is 13.9 Å². The Morgan fingerprint density at radius 3 is 2.88 bits per heavy atom. The average Bonchev–Trinajstić information content (AvgIpc) is 2.97. The first-order chi connectivity index (χ1) is 12.6. The van der Waals surface area contributed by atoms with Crippen molar-refractivity contribution >= 4 is 5.91 Å². The minimum atomic E-state index is -0.286. The van der Waals surface area contributed by atoms with Gasteiger partial charge >= 0.3 is 0 Å². The Labute approximate surface area is 152 Å². The molecule has 140 valence electrons. The lowest BCUT2D eigenvalue weighted by atomic mass is 9.91. The summed E-state index contributed by atoms with van der Waals surface area (Å²) in [6.45, 7) is 1.81. The van der Waals surface area contributed by atoms with Crippen molar-refractivity contribution in [2.75, 3.05) is 20.3 Å². The third-order valence-electron chi connectivity index (χ3n) is 4.78. The smallest absolute Gasteiger partial charge is 0.272 e. The first-order valence-electron chi connectivity index (χ1n) is 8.88. The highest BCUT2D eigenvalue weighted by Gasteiger charge is 2.27. The zero-order chi connectivity index (χ0) is 18.5. The van der Waals surface area contributed by atoms with Crippen LogP contribution in [0.5, 0.6) is 0 Å². The lowest BCUT2D eigenvalue weighted by molar-refractivity contribution is 0.0944. The number of fused-ring (bicyclic) bond motifs is 1. The second kappa shape index (κ2) is 8.42. The Kier molecular flexibility index (Phi) is 6.00. The Balaban J connectivity index is 1.66. The Bertz CT molecular complexity index is 758. The van der Waals surface area contributed by atoms with Crippen LogP contribution in [0, 0.1) is 5.82 Å². The van der Waals surface area contributed by atoms with Gasteiger partial charge in [0.2, 0.25) is 0 Å². The first kappa shape index (κ1) is 18.5. The van der Waals surface area contributed by atoms with Crippen LogP contribution in [0.1, 0.15) is 33.7 Å². The van der Waals surface area contributed by atoms with E-state index in [1.165, 1.54) is 12.1 Å². The van der Waals surface area contributed by atoms with Crippen LogP contribution in [0.2, 0.25) is 0 Å². The second-order valence-electron chi connectivity index (χ2n) is 6.59. The van der Waals surface area contributed by atoms with E-state index in [9.17, 15) is 9.18 Å². The van der Waals surface area contributed by atoms with E-state index in [1.54, 1.807) is 19.2 Å². The summed E-state index contributed by atoms with van der Waals surface area (Å²) in [6, 6.07) is 6.43. The van der Waals surface area contributed by atoms with E-state index in [1.807, 2.05) is 11.7 Å². The highest BCUT2D eigenvalue weighted by Crippen LogP contribution is 2.24. The molecule has 3 rings (SSSR count). The lowest BCUT2D eigenvalue weighted by Crippen LogP contribution is -2.37. The minimum Gasteiger partial charge on any atom is -0.383 e. The number of amides is 1. The number of hydrogen-bond acceptors (Lipinski definition) is 4. The molecule has 6 nitrogen and oxygen atoms in total. The quantitative estimate of drug-likeness (QED) is 0.736. The van der Waals surface area contributed by atoms with Crippen LogP contribution in [-0.4, -0.2) is 42.0 Å². The molecule has 1 aliphatic carbocycles. The number of halogens is 1. The van der Waals surface area contributed by atoms with E-state index in [0.717, 1.165) is 42.6 Å². The van der Waals surface area contributed by atoms with Crippen molar-refractivity contribution in [3.05, 3.63) is 52.6 Å². The standard InChI is InChI=1S/C19H25FN4O2/c1-24-17-8-7-15(21-9-10-26-2)11-16(17)18(23-24)19(25)22-12-13-3-5-14(20)6-4-13/h3-6,15,21H,7-12H2,1-2H3,(H,22,25).